The Hall–Kier alpha value is -3.48. The lowest BCUT2D eigenvalue weighted by Crippen LogP contribution is -2.55. The number of hydrogen-bond donors (Lipinski definition) is 6. The third kappa shape index (κ3) is 9.00. The summed E-state index contributed by atoms with van der Waals surface area (Å²) in [5.41, 5.74) is 16.5. The molecule has 0 bridgehead atoms. The molecule has 0 saturated heterocycles. The Labute approximate surface area is 200 Å². The SMILES string of the molecule is NCC(N)C(=O)NCC(N)C(=O)NC(CCc1ccccc1)C(=O)Nc1cccc(C(F)(F)F)c1. The number of aryl methyl sites for hydroxylation is 1. The van der Waals surface area contributed by atoms with Crippen LogP contribution in [0.4, 0.5) is 18.9 Å². The molecule has 0 aliphatic rings. The Bertz CT molecular complexity index is 1000. The Morgan fingerprint density at radius 1 is 0.886 bits per heavy atom. The molecule has 3 amide bonds. The van der Waals surface area contributed by atoms with Gasteiger partial charge >= 0.3 is 6.18 Å². The highest BCUT2D eigenvalue weighted by atomic mass is 19.4. The van der Waals surface area contributed by atoms with Crippen LogP contribution in [0.1, 0.15) is 17.5 Å². The first-order valence-electron chi connectivity index (χ1n) is 10.8. The van der Waals surface area contributed by atoms with E-state index >= 15 is 0 Å². The summed E-state index contributed by atoms with van der Waals surface area (Å²) in [7, 11) is 0. The van der Waals surface area contributed by atoms with Crippen molar-refractivity contribution in [3.63, 3.8) is 0 Å². The monoisotopic (exact) mass is 494 g/mol. The van der Waals surface area contributed by atoms with Gasteiger partial charge in [0.2, 0.25) is 17.7 Å². The maximum Gasteiger partial charge on any atom is 0.416 e. The minimum Gasteiger partial charge on any atom is -0.353 e. The van der Waals surface area contributed by atoms with Crippen molar-refractivity contribution in [3.8, 4) is 0 Å². The number of halogens is 3. The van der Waals surface area contributed by atoms with E-state index in [2.05, 4.69) is 16.0 Å². The van der Waals surface area contributed by atoms with E-state index in [1.54, 1.807) is 0 Å². The molecule has 0 spiro atoms. The topological polar surface area (TPSA) is 165 Å². The molecule has 12 heteroatoms. The van der Waals surface area contributed by atoms with Gasteiger partial charge in [-0.2, -0.15) is 13.2 Å². The van der Waals surface area contributed by atoms with Crippen LogP contribution in [0.25, 0.3) is 0 Å². The lowest BCUT2D eigenvalue weighted by atomic mass is 10.0. The zero-order valence-corrected chi connectivity index (χ0v) is 18.8. The predicted octanol–water partition coefficient (Wildman–Crippen LogP) is 0.491. The average Bonchev–Trinajstić information content (AvgIpc) is 2.84. The quantitative estimate of drug-likeness (QED) is 0.266. The first kappa shape index (κ1) is 27.8. The molecule has 35 heavy (non-hydrogen) atoms. The van der Waals surface area contributed by atoms with Crippen molar-refractivity contribution in [2.24, 2.45) is 17.2 Å². The van der Waals surface area contributed by atoms with E-state index < -0.39 is 47.6 Å². The highest BCUT2D eigenvalue weighted by Crippen LogP contribution is 2.30. The number of benzene rings is 2. The van der Waals surface area contributed by atoms with Gasteiger partial charge < -0.3 is 33.2 Å². The summed E-state index contributed by atoms with van der Waals surface area (Å²) in [5.74, 6) is -2.03. The van der Waals surface area contributed by atoms with Crippen LogP contribution in [0, 0.1) is 0 Å². The molecule has 0 aromatic heterocycles. The number of anilines is 1. The largest absolute Gasteiger partial charge is 0.416 e. The molecule has 0 saturated carbocycles. The summed E-state index contributed by atoms with van der Waals surface area (Å²) in [6.45, 7) is -0.344. The summed E-state index contributed by atoms with van der Waals surface area (Å²) in [6, 6.07) is 10.0. The van der Waals surface area contributed by atoms with Gasteiger partial charge in [-0.3, -0.25) is 14.4 Å². The maximum atomic E-state index is 13.0. The van der Waals surface area contributed by atoms with Gasteiger partial charge in [-0.15, -0.1) is 0 Å². The molecule has 9 N–H and O–H groups in total. The Morgan fingerprint density at radius 2 is 1.57 bits per heavy atom. The molecular formula is C23H29F3N6O3. The molecule has 3 atom stereocenters. The van der Waals surface area contributed by atoms with E-state index in [1.807, 2.05) is 30.3 Å². The van der Waals surface area contributed by atoms with Crippen LogP contribution in [-0.4, -0.2) is 48.9 Å². The number of amides is 3. The third-order valence-corrected chi connectivity index (χ3v) is 5.08. The normalized spacial score (nSPS) is 13.9. The van der Waals surface area contributed by atoms with Crippen LogP contribution in [-0.2, 0) is 27.0 Å². The number of hydrogen-bond acceptors (Lipinski definition) is 6. The van der Waals surface area contributed by atoms with Crippen LogP contribution in [0.5, 0.6) is 0 Å². The molecule has 0 radical (unpaired) electrons. The van der Waals surface area contributed by atoms with E-state index in [1.165, 1.54) is 12.1 Å². The Balaban J connectivity index is 2.10. The first-order valence-corrected chi connectivity index (χ1v) is 10.8. The van der Waals surface area contributed by atoms with Crippen molar-refractivity contribution in [2.45, 2.75) is 37.1 Å². The van der Waals surface area contributed by atoms with Crippen molar-refractivity contribution in [2.75, 3.05) is 18.4 Å². The van der Waals surface area contributed by atoms with E-state index in [4.69, 9.17) is 17.2 Å². The first-order chi connectivity index (χ1) is 16.5. The summed E-state index contributed by atoms with van der Waals surface area (Å²) in [5, 5.41) is 7.32. The molecule has 2 rings (SSSR count). The summed E-state index contributed by atoms with van der Waals surface area (Å²) >= 11 is 0. The summed E-state index contributed by atoms with van der Waals surface area (Å²) in [4.78, 5) is 37.2. The highest BCUT2D eigenvalue weighted by molar-refractivity contribution is 5.98. The fourth-order valence-electron chi connectivity index (χ4n) is 3.05. The van der Waals surface area contributed by atoms with Gasteiger partial charge in [0, 0.05) is 18.8 Å². The average molecular weight is 495 g/mol. The van der Waals surface area contributed by atoms with Crippen LogP contribution in [0.3, 0.4) is 0 Å². The van der Waals surface area contributed by atoms with Crippen LogP contribution >= 0.6 is 0 Å². The minimum atomic E-state index is -4.58. The summed E-state index contributed by atoms with van der Waals surface area (Å²) < 4.78 is 39.0. The van der Waals surface area contributed by atoms with E-state index in [9.17, 15) is 27.6 Å². The van der Waals surface area contributed by atoms with Gasteiger partial charge in [-0.05, 0) is 36.6 Å². The third-order valence-electron chi connectivity index (χ3n) is 5.08. The molecule has 9 nitrogen and oxygen atoms in total. The predicted molar refractivity (Wildman–Crippen MR) is 125 cm³/mol. The van der Waals surface area contributed by atoms with Crippen molar-refractivity contribution < 1.29 is 27.6 Å². The Kier molecular flexibility index (Phi) is 10.2. The van der Waals surface area contributed by atoms with Gasteiger partial charge in [0.25, 0.3) is 0 Å². The van der Waals surface area contributed by atoms with Gasteiger partial charge in [0.1, 0.15) is 12.1 Å². The van der Waals surface area contributed by atoms with Crippen LogP contribution in [0.15, 0.2) is 54.6 Å². The fraction of sp³-hybridized carbons (Fsp3) is 0.348. The molecule has 0 heterocycles. The molecule has 0 fully saturated rings. The highest BCUT2D eigenvalue weighted by Gasteiger charge is 2.31. The van der Waals surface area contributed by atoms with Crippen molar-refractivity contribution in [3.05, 3.63) is 65.7 Å². The molecule has 2 aromatic rings. The van der Waals surface area contributed by atoms with Crippen LogP contribution < -0.4 is 33.2 Å². The zero-order chi connectivity index (χ0) is 26.0. The fourth-order valence-corrected chi connectivity index (χ4v) is 3.05. The number of rotatable bonds is 11. The van der Waals surface area contributed by atoms with Crippen molar-refractivity contribution >= 4 is 23.4 Å². The zero-order valence-electron chi connectivity index (χ0n) is 18.8. The van der Waals surface area contributed by atoms with E-state index in [-0.39, 0.29) is 25.2 Å². The molecule has 190 valence electrons. The van der Waals surface area contributed by atoms with Crippen molar-refractivity contribution in [1.82, 2.24) is 10.6 Å². The van der Waals surface area contributed by atoms with Gasteiger partial charge in [-0.25, -0.2) is 0 Å². The number of carbonyl (C=O) groups is 3. The molecular weight excluding hydrogens is 465 g/mol. The maximum absolute atomic E-state index is 13.0. The molecule has 2 aromatic carbocycles. The van der Waals surface area contributed by atoms with Crippen molar-refractivity contribution in [1.29, 1.82) is 0 Å². The second-order valence-electron chi connectivity index (χ2n) is 7.85. The van der Waals surface area contributed by atoms with Gasteiger partial charge in [0.15, 0.2) is 0 Å². The van der Waals surface area contributed by atoms with Gasteiger partial charge in [0.05, 0.1) is 11.6 Å². The molecule has 0 aliphatic heterocycles. The number of nitrogens with one attached hydrogen (secondary N) is 3. The number of carbonyl (C=O) groups excluding carboxylic acids is 3. The lowest BCUT2D eigenvalue weighted by molar-refractivity contribution is -0.137. The minimum absolute atomic E-state index is 0.0730. The Morgan fingerprint density at radius 3 is 2.20 bits per heavy atom. The molecule has 0 aliphatic carbocycles. The molecule has 3 unspecified atom stereocenters. The summed E-state index contributed by atoms with van der Waals surface area (Å²) in [6.07, 6.45) is -4.03. The van der Waals surface area contributed by atoms with E-state index in [0.717, 1.165) is 17.7 Å². The standard InChI is InChI=1S/C23H29F3N6O3/c24-23(25,26)15-7-4-8-16(11-15)31-22(35)19(10-9-14-5-2-1-3-6-14)32-21(34)18(29)13-30-20(33)17(28)12-27/h1-8,11,17-19H,9-10,12-13,27-29H2,(H,30,33)(H,31,35)(H,32,34). The van der Waals surface area contributed by atoms with E-state index in [0.29, 0.717) is 6.42 Å². The smallest absolute Gasteiger partial charge is 0.353 e. The number of alkyl halides is 3. The second-order valence-corrected chi connectivity index (χ2v) is 7.85. The second kappa shape index (κ2) is 12.8. The number of nitrogens with two attached hydrogens (primary N) is 3. The lowest BCUT2D eigenvalue weighted by Gasteiger charge is -2.21. The van der Waals surface area contributed by atoms with Gasteiger partial charge in [-0.1, -0.05) is 36.4 Å². The van der Waals surface area contributed by atoms with Crippen LogP contribution in [0.2, 0.25) is 0 Å².